The standard InChI is InChI=1S/C17H27FN2S/c1-17(2,3)19-12-14-5-6-16(18)15(11-14)13-20-7-4-9-21-10-8-20/h5-6,11,19H,4,7-10,12-13H2,1-3H3. The van der Waals surface area contributed by atoms with Crippen molar-refractivity contribution in [3.8, 4) is 0 Å². The quantitative estimate of drug-likeness (QED) is 0.914. The van der Waals surface area contributed by atoms with Crippen LogP contribution in [0.5, 0.6) is 0 Å². The van der Waals surface area contributed by atoms with Crippen molar-refractivity contribution in [2.45, 2.75) is 45.8 Å². The second kappa shape index (κ2) is 7.61. The maximum Gasteiger partial charge on any atom is 0.127 e. The number of benzene rings is 1. The summed E-state index contributed by atoms with van der Waals surface area (Å²) in [6.45, 7) is 10.1. The van der Waals surface area contributed by atoms with Crippen LogP contribution >= 0.6 is 11.8 Å². The highest BCUT2D eigenvalue weighted by molar-refractivity contribution is 7.99. The van der Waals surface area contributed by atoms with Crippen molar-refractivity contribution in [2.75, 3.05) is 24.6 Å². The molecule has 4 heteroatoms. The van der Waals surface area contributed by atoms with Gasteiger partial charge in [-0.2, -0.15) is 11.8 Å². The Kier molecular flexibility index (Phi) is 6.08. The van der Waals surface area contributed by atoms with E-state index in [0.717, 1.165) is 43.1 Å². The van der Waals surface area contributed by atoms with Crippen LogP contribution in [0.1, 0.15) is 38.3 Å². The van der Waals surface area contributed by atoms with E-state index in [2.05, 4.69) is 31.0 Å². The first-order chi connectivity index (χ1) is 9.94. The monoisotopic (exact) mass is 310 g/mol. The summed E-state index contributed by atoms with van der Waals surface area (Å²) < 4.78 is 14.0. The highest BCUT2D eigenvalue weighted by Crippen LogP contribution is 2.17. The Morgan fingerprint density at radius 2 is 2.05 bits per heavy atom. The van der Waals surface area contributed by atoms with Crippen LogP contribution < -0.4 is 5.32 Å². The van der Waals surface area contributed by atoms with Gasteiger partial charge < -0.3 is 5.32 Å². The first-order valence-electron chi connectivity index (χ1n) is 7.76. The molecule has 118 valence electrons. The molecule has 1 aliphatic rings. The van der Waals surface area contributed by atoms with Gasteiger partial charge in [0.25, 0.3) is 0 Å². The zero-order valence-corrected chi connectivity index (χ0v) is 14.2. The molecule has 2 rings (SSSR count). The van der Waals surface area contributed by atoms with E-state index >= 15 is 0 Å². The average Bonchev–Trinajstić information content (AvgIpc) is 2.67. The number of hydrogen-bond donors (Lipinski definition) is 1. The van der Waals surface area contributed by atoms with Gasteiger partial charge in [0.15, 0.2) is 0 Å². The van der Waals surface area contributed by atoms with E-state index in [1.54, 1.807) is 6.07 Å². The summed E-state index contributed by atoms with van der Waals surface area (Å²) in [7, 11) is 0. The topological polar surface area (TPSA) is 15.3 Å². The van der Waals surface area contributed by atoms with Crippen LogP contribution in [0.15, 0.2) is 18.2 Å². The lowest BCUT2D eigenvalue weighted by molar-refractivity contribution is 0.283. The summed E-state index contributed by atoms with van der Waals surface area (Å²) >= 11 is 2.00. The third kappa shape index (κ3) is 5.97. The van der Waals surface area contributed by atoms with Crippen molar-refractivity contribution in [3.05, 3.63) is 35.1 Å². The summed E-state index contributed by atoms with van der Waals surface area (Å²) in [4.78, 5) is 2.37. The van der Waals surface area contributed by atoms with Crippen molar-refractivity contribution in [1.29, 1.82) is 0 Å². The van der Waals surface area contributed by atoms with Gasteiger partial charge >= 0.3 is 0 Å². The van der Waals surface area contributed by atoms with Gasteiger partial charge in [0, 0.05) is 36.5 Å². The lowest BCUT2D eigenvalue weighted by atomic mass is 10.1. The van der Waals surface area contributed by atoms with Crippen LogP contribution in [-0.2, 0) is 13.1 Å². The van der Waals surface area contributed by atoms with E-state index in [1.807, 2.05) is 23.9 Å². The fraction of sp³-hybridized carbons (Fsp3) is 0.647. The Hall–Kier alpha value is -0.580. The molecule has 2 nitrogen and oxygen atoms in total. The van der Waals surface area contributed by atoms with Gasteiger partial charge in [-0.3, -0.25) is 4.90 Å². The minimum Gasteiger partial charge on any atom is -0.308 e. The Labute approximate surface area is 132 Å². The molecule has 0 unspecified atom stereocenters. The van der Waals surface area contributed by atoms with Crippen LogP contribution in [-0.4, -0.2) is 35.0 Å². The second-order valence-electron chi connectivity index (χ2n) is 6.77. The van der Waals surface area contributed by atoms with Gasteiger partial charge in [-0.15, -0.1) is 0 Å². The van der Waals surface area contributed by atoms with Crippen LogP contribution in [0.4, 0.5) is 4.39 Å². The van der Waals surface area contributed by atoms with Gasteiger partial charge in [-0.1, -0.05) is 12.1 Å². The molecule has 0 saturated carbocycles. The first-order valence-corrected chi connectivity index (χ1v) is 8.92. The van der Waals surface area contributed by atoms with Gasteiger partial charge in [0.2, 0.25) is 0 Å². The van der Waals surface area contributed by atoms with E-state index in [9.17, 15) is 4.39 Å². The van der Waals surface area contributed by atoms with Crippen LogP contribution in [0, 0.1) is 5.82 Å². The number of halogens is 1. The molecular formula is C17H27FN2S. The fourth-order valence-electron chi connectivity index (χ4n) is 2.42. The molecule has 0 amide bonds. The number of rotatable bonds is 4. The molecule has 0 spiro atoms. The molecule has 0 aliphatic carbocycles. The zero-order chi connectivity index (χ0) is 15.3. The molecule has 1 aromatic rings. The summed E-state index contributed by atoms with van der Waals surface area (Å²) in [6.07, 6.45) is 1.21. The average molecular weight is 310 g/mol. The summed E-state index contributed by atoms with van der Waals surface area (Å²) in [5, 5.41) is 3.46. The van der Waals surface area contributed by atoms with E-state index in [1.165, 1.54) is 12.2 Å². The predicted molar refractivity (Wildman–Crippen MR) is 90.2 cm³/mol. The molecular weight excluding hydrogens is 283 g/mol. The van der Waals surface area contributed by atoms with Crippen molar-refractivity contribution < 1.29 is 4.39 Å². The highest BCUT2D eigenvalue weighted by Gasteiger charge is 2.13. The summed E-state index contributed by atoms with van der Waals surface area (Å²) in [6, 6.07) is 5.52. The molecule has 1 aromatic carbocycles. The van der Waals surface area contributed by atoms with Gasteiger partial charge in [0.05, 0.1) is 0 Å². The second-order valence-corrected chi connectivity index (χ2v) is 8.00. The predicted octanol–water partition coefficient (Wildman–Crippen LogP) is 3.65. The maximum absolute atomic E-state index is 14.0. The third-order valence-corrected chi connectivity index (χ3v) is 4.69. The molecule has 0 atom stereocenters. The first kappa shape index (κ1) is 16.8. The highest BCUT2D eigenvalue weighted by atomic mass is 32.2. The molecule has 1 saturated heterocycles. The van der Waals surface area contributed by atoms with Crippen molar-refractivity contribution >= 4 is 11.8 Å². The van der Waals surface area contributed by atoms with Gasteiger partial charge in [-0.05, 0) is 51.1 Å². The third-order valence-electron chi connectivity index (χ3n) is 3.64. The van der Waals surface area contributed by atoms with Crippen LogP contribution in [0.3, 0.4) is 0 Å². The Morgan fingerprint density at radius 3 is 2.81 bits per heavy atom. The largest absolute Gasteiger partial charge is 0.308 e. The SMILES string of the molecule is CC(C)(C)NCc1ccc(F)c(CN2CCCSCC2)c1. The minimum absolute atomic E-state index is 0.0774. The van der Waals surface area contributed by atoms with E-state index in [4.69, 9.17) is 0 Å². The molecule has 0 bridgehead atoms. The van der Waals surface area contributed by atoms with Crippen molar-refractivity contribution in [2.24, 2.45) is 0 Å². The number of hydrogen-bond acceptors (Lipinski definition) is 3. The number of nitrogens with zero attached hydrogens (tertiary/aromatic N) is 1. The normalized spacial score (nSPS) is 17.7. The smallest absolute Gasteiger partial charge is 0.127 e. The number of nitrogens with one attached hydrogen (secondary N) is 1. The lowest BCUT2D eigenvalue weighted by Crippen LogP contribution is -2.35. The Balaban J connectivity index is 2.00. The van der Waals surface area contributed by atoms with Gasteiger partial charge in [0.1, 0.15) is 5.82 Å². The Morgan fingerprint density at radius 1 is 1.24 bits per heavy atom. The molecule has 1 N–H and O–H groups in total. The van der Waals surface area contributed by atoms with E-state index in [-0.39, 0.29) is 11.4 Å². The molecule has 21 heavy (non-hydrogen) atoms. The molecule has 0 radical (unpaired) electrons. The van der Waals surface area contributed by atoms with Crippen LogP contribution in [0.25, 0.3) is 0 Å². The van der Waals surface area contributed by atoms with Crippen molar-refractivity contribution in [1.82, 2.24) is 10.2 Å². The number of thioether (sulfide) groups is 1. The zero-order valence-electron chi connectivity index (χ0n) is 13.4. The van der Waals surface area contributed by atoms with E-state index in [0.29, 0.717) is 0 Å². The lowest BCUT2D eigenvalue weighted by Gasteiger charge is -2.22. The maximum atomic E-state index is 14.0. The van der Waals surface area contributed by atoms with E-state index < -0.39 is 0 Å². The minimum atomic E-state index is -0.0774. The summed E-state index contributed by atoms with van der Waals surface area (Å²) in [5.74, 6) is 2.31. The molecule has 1 aliphatic heterocycles. The Bertz CT molecular complexity index is 449. The fourth-order valence-corrected chi connectivity index (χ4v) is 3.35. The molecule has 1 fully saturated rings. The van der Waals surface area contributed by atoms with Crippen LogP contribution in [0.2, 0.25) is 0 Å². The van der Waals surface area contributed by atoms with Gasteiger partial charge in [-0.25, -0.2) is 4.39 Å². The molecule has 1 heterocycles. The molecule has 0 aromatic heterocycles. The summed E-state index contributed by atoms with van der Waals surface area (Å²) in [5.41, 5.74) is 2.07. The van der Waals surface area contributed by atoms with Crippen molar-refractivity contribution in [3.63, 3.8) is 0 Å².